The molecule has 0 saturated heterocycles. The van der Waals surface area contributed by atoms with E-state index in [0.717, 1.165) is 17.5 Å². The Balaban J connectivity index is 3.28. The van der Waals surface area contributed by atoms with Crippen LogP contribution in [-0.4, -0.2) is 20.8 Å². The lowest BCUT2D eigenvalue weighted by molar-refractivity contribution is 0.354. The smallest absolute Gasteiger partial charge is 0.179 e. The Morgan fingerprint density at radius 2 is 2.00 bits per heavy atom. The highest BCUT2D eigenvalue weighted by Crippen LogP contribution is 2.41. The van der Waals surface area contributed by atoms with Crippen LogP contribution in [0.1, 0.15) is 30.4 Å². The average Bonchev–Trinajstić information content (AvgIpc) is 2.32. The third kappa shape index (κ3) is 2.85. The largest absolute Gasteiger partial charge is 0.493 e. The van der Waals surface area contributed by atoms with Crippen LogP contribution in [0, 0.1) is 6.92 Å². The second-order valence-electron chi connectivity index (χ2n) is 4.12. The van der Waals surface area contributed by atoms with Crippen molar-refractivity contribution in [2.45, 2.75) is 26.2 Å². The van der Waals surface area contributed by atoms with E-state index in [-0.39, 0.29) is 0 Å². The summed E-state index contributed by atoms with van der Waals surface area (Å²) in [6.45, 7) is 4.79. The maximum atomic E-state index is 6.29. The first-order valence-electron chi connectivity index (χ1n) is 5.67. The van der Waals surface area contributed by atoms with Gasteiger partial charge in [-0.2, -0.15) is 0 Å². The summed E-state index contributed by atoms with van der Waals surface area (Å²) >= 11 is 6.29. The van der Waals surface area contributed by atoms with Crippen LogP contribution in [0.3, 0.4) is 0 Å². The van der Waals surface area contributed by atoms with Gasteiger partial charge in [0.2, 0.25) is 0 Å². The number of hydrogen-bond donors (Lipinski definition) is 1. The first-order chi connectivity index (χ1) is 8.06. The lowest BCUT2D eigenvalue weighted by atomic mass is 9.93. The van der Waals surface area contributed by atoms with E-state index in [1.165, 1.54) is 0 Å². The molecule has 1 unspecified atom stereocenters. The molecular formula is C13H20ClNO2. The van der Waals surface area contributed by atoms with Gasteiger partial charge in [-0.15, -0.1) is 0 Å². The van der Waals surface area contributed by atoms with Crippen molar-refractivity contribution in [1.82, 2.24) is 0 Å². The topological polar surface area (TPSA) is 44.5 Å². The van der Waals surface area contributed by atoms with Crippen molar-refractivity contribution in [3.8, 4) is 11.5 Å². The maximum Gasteiger partial charge on any atom is 0.179 e. The molecule has 1 aromatic rings. The highest BCUT2D eigenvalue weighted by atomic mass is 35.5. The lowest BCUT2D eigenvalue weighted by Crippen LogP contribution is -2.07. The van der Waals surface area contributed by atoms with Crippen LogP contribution >= 0.6 is 11.6 Å². The quantitative estimate of drug-likeness (QED) is 0.882. The Labute approximate surface area is 108 Å². The van der Waals surface area contributed by atoms with Crippen molar-refractivity contribution < 1.29 is 9.47 Å². The fourth-order valence-electron chi connectivity index (χ4n) is 1.98. The summed E-state index contributed by atoms with van der Waals surface area (Å²) in [6, 6.07) is 1.99. The van der Waals surface area contributed by atoms with Crippen molar-refractivity contribution in [3.63, 3.8) is 0 Å². The minimum atomic E-state index is 0.359. The van der Waals surface area contributed by atoms with Crippen LogP contribution in [0.25, 0.3) is 0 Å². The summed E-state index contributed by atoms with van der Waals surface area (Å²) in [7, 11) is 3.20. The maximum absolute atomic E-state index is 6.29. The molecule has 0 aliphatic heterocycles. The average molecular weight is 258 g/mol. The van der Waals surface area contributed by atoms with Gasteiger partial charge >= 0.3 is 0 Å². The van der Waals surface area contributed by atoms with E-state index in [0.29, 0.717) is 29.0 Å². The number of rotatable bonds is 5. The second-order valence-corrected chi connectivity index (χ2v) is 4.50. The Kier molecular flexibility index (Phi) is 5.09. The monoisotopic (exact) mass is 257 g/mol. The number of halogens is 1. The van der Waals surface area contributed by atoms with Crippen molar-refractivity contribution in [3.05, 3.63) is 22.2 Å². The minimum Gasteiger partial charge on any atom is -0.493 e. The molecule has 3 nitrogen and oxygen atoms in total. The van der Waals surface area contributed by atoms with Crippen LogP contribution < -0.4 is 15.2 Å². The van der Waals surface area contributed by atoms with Gasteiger partial charge < -0.3 is 15.2 Å². The van der Waals surface area contributed by atoms with Crippen molar-refractivity contribution in [2.24, 2.45) is 5.73 Å². The predicted molar refractivity (Wildman–Crippen MR) is 71.4 cm³/mol. The minimum absolute atomic E-state index is 0.359. The van der Waals surface area contributed by atoms with Crippen LogP contribution in [0.4, 0.5) is 0 Å². The zero-order valence-corrected chi connectivity index (χ0v) is 11.6. The van der Waals surface area contributed by atoms with E-state index in [2.05, 4.69) is 6.92 Å². The highest BCUT2D eigenvalue weighted by molar-refractivity contribution is 6.33. The molecule has 0 aliphatic rings. The molecule has 4 heteroatoms. The lowest BCUT2D eigenvalue weighted by Gasteiger charge is -2.19. The number of benzene rings is 1. The molecule has 1 aromatic carbocycles. The normalized spacial score (nSPS) is 12.4. The van der Waals surface area contributed by atoms with Crippen molar-refractivity contribution in [1.29, 1.82) is 0 Å². The molecule has 1 rings (SSSR count). The molecule has 2 N–H and O–H groups in total. The van der Waals surface area contributed by atoms with E-state index in [1.54, 1.807) is 14.2 Å². The summed E-state index contributed by atoms with van der Waals surface area (Å²) < 4.78 is 10.6. The second kappa shape index (κ2) is 6.12. The summed E-state index contributed by atoms with van der Waals surface area (Å²) in [5.74, 6) is 1.62. The van der Waals surface area contributed by atoms with Gasteiger partial charge in [-0.3, -0.25) is 0 Å². The first-order valence-corrected chi connectivity index (χ1v) is 6.05. The number of ether oxygens (including phenoxy) is 2. The van der Waals surface area contributed by atoms with Gasteiger partial charge in [-0.25, -0.2) is 0 Å². The van der Waals surface area contributed by atoms with E-state index in [9.17, 15) is 0 Å². The molecule has 0 spiro atoms. The van der Waals surface area contributed by atoms with Gasteiger partial charge in [-0.1, -0.05) is 18.5 Å². The molecule has 0 aromatic heterocycles. The Morgan fingerprint density at radius 3 is 2.47 bits per heavy atom. The van der Waals surface area contributed by atoms with Crippen molar-refractivity contribution in [2.75, 3.05) is 20.8 Å². The van der Waals surface area contributed by atoms with Gasteiger partial charge in [0, 0.05) is 0 Å². The Bertz CT molecular complexity index is 393. The van der Waals surface area contributed by atoms with Gasteiger partial charge in [0.1, 0.15) is 0 Å². The van der Waals surface area contributed by atoms with Gasteiger partial charge in [0.15, 0.2) is 11.5 Å². The summed E-state index contributed by atoms with van der Waals surface area (Å²) in [6.07, 6.45) is 0.923. The highest BCUT2D eigenvalue weighted by Gasteiger charge is 2.18. The Morgan fingerprint density at radius 1 is 1.35 bits per heavy atom. The number of methoxy groups -OCH3 is 2. The van der Waals surface area contributed by atoms with Crippen LogP contribution in [0.5, 0.6) is 11.5 Å². The molecular weight excluding hydrogens is 238 g/mol. The fourth-order valence-corrected chi connectivity index (χ4v) is 2.26. The molecule has 96 valence electrons. The molecule has 0 aliphatic carbocycles. The number of hydrogen-bond acceptors (Lipinski definition) is 3. The molecule has 0 amide bonds. The molecule has 1 atom stereocenters. The third-order valence-corrected chi connectivity index (χ3v) is 3.48. The summed E-state index contributed by atoms with van der Waals surface area (Å²) in [4.78, 5) is 0. The fraction of sp³-hybridized carbons (Fsp3) is 0.538. The number of nitrogens with two attached hydrogens (primary N) is 1. The van der Waals surface area contributed by atoms with E-state index >= 15 is 0 Å². The van der Waals surface area contributed by atoms with Crippen molar-refractivity contribution >= 4 is 11.6 Å². The first kappa shape index (κ1) is 14.1. The van der Waals surface area contributed by atoms with Gasteiger partial charge in [0.25, 0.3) is 0 Å². The van der Waals surface area contributed by atoms with E-state index in [4.69, 9.17) is 26.8 Å². The van der Waals surface area contributed by atoms with Crippen LogP contribution in [0.2, 0.25) is 5.02 Å². The summed E-state index contributed by atoms with van der Waals surface area (Å²) in [5, 5.41) is 0.616. The van der Waals surface area contributed by atoms with E-state index in [1.807, 2.05) is 13.0 Å². The van der Waals surface area contributed by atoms with Gasteiger partial charge in [0.05, 0.1) is 19.2 Å². The molecule has 0 radical (unpaired) electrons. The molecule has 0 heterocycles. The SMILES string of the molecule is COc1cc(C(C)CCN)c(C)c(Cl)c1OC. The zero-order valence-electron chi connectivity index (χ0n) is 10.8. The van der Waals surface area contributed by atoms with Crippen LogP contribution in [0.15, 0.2) is 6.07 Å². The molecule has 17 heavy (non-hydrogen) atoms. The third-order valence-electron chi connectivity index (χ3n) is 3.03. The van der Waals surface area contributed by atoms with E-state index < -0.39 is 0 Å². The summed E-state index contributed by atoms with van der Waals surface area (Å²) in [5.41, 5.74) is 7.79. The predicted octanol–water partition coefficient (Wildman–Crippen LogP) is 3.12. The standard InChI is InChI=1S/C13H20ClNO2/c1-8(5-6-15)10-7-11(16-3)13(17-4)12(14)9(10)2/h7-8H,5-6,15H2,1-4H3. The molecule has 0 fully saturated rings. The zero-order chi connectivity index (χ0) is 13.0. The van der Waals surface area contributed by atoms with Gasteiger partial charge in [-0.05, 0) is 43.0 Å². The molecule has 0 saturated carbocycles. The van der Waals surface area contributed by atoms with Crippen LogP contribution in [-0.2, 0) is 0 Å². The Hall–Kier alpha value is -0.930. The molecule has 0 bridgehead atoms.